The molecule has 0 unspecified atom stereocenters. The monoisotopic (exact) mass is 347 g/mol. The topological polar surface area (TPSA) is 55.8 Å². The average molecular weight is 347 g/mol. The van der Waals surface area contributed by atoms with Crippen LogP contribution >= 0.6 is 11.8 Å². The van der Waals surface area contributed by atoms with Crippen LogP contribution in [-0.4, -0.2) is 36.3 Å². The van der Waals surface area contributed by atoms with Crippen LogP contribution < -0.4 is 9.47 Å². The molecule has 0 aromatic heterocycles. The summed E-state index contributed by atoms with van der Waals surface area (Å²) in [6.45, 7) is 6.48. The maximum atomic E-state index is 12.3. The molecule has 1 saturated heterocycles. The number of amides is 2. The number of hydrogen-bond donors (Lipinski definition) is 0. The van der Waals surface area contributed by atoms with E-state index in [2.05, 4.69) is 6.58 Å². The van der Waals surface area contributed by atoms with Gasteiger partial charge in [-0.25, -0.2) is 0 Å². The van der Waals surface area contributed by atoms with E-state index in [1.54, 1.807) is 31.4 Å². The first-order valence-corrected chi connectivity index (χ1v) is 8.59. The summed E-state index contributed by atoms with van der Waals surface area (Å²) in [5.41, 5.74) is 0.777. The molecule has 2 rings (SSSR count). The largest absolute Gasteiger partial charge is 0.493 e. The number of methoxy groups -OCH3 is 1. The molecule has 2 amide bonds. The minimum absolute atomic E-state index is 0.211. The summed E-state index contributed by atoms with van der Waals surface area (Å²) in [6.07, 6.45) is 5.11. The third-order valence-electron chi connectivity index (χ3n) is 3.45. The molecule has 128 valence electrons. The quantitative estimate of drug-likeness (QED) is 0.523. The lowest BCUT2D eigenvalue weighted by atomic mass is 10.2. The number of carbonyl (C=O) groups is 2. The van der Waals surface area contributed by atoms with Gasteiger partial charge in [0.15, 0.2) is 11.5 Å². The minimum atomic E-state index is -0.232. The number of ether oxygens (including phenoxy) is 2. The molecule has 0 atom stereocenters. The van der Waals surface area contributed by atoms with E-state index < -0.39 is 0 Å². The number of nitrogens with zero attached hydrogens (tertiary/aromatic N) is 1. The highest BCUT2D eigenvalue weighted by molar-refractivity contribution is 8.18. The summed E-state index contributed by atoms with van der Waals surface area (Å²) in [5, 5.41) is -0.211. The molecule has 1 aliphatic rings. The lowest BCUT2D eigenvalue weighted by molar-refractivity contribution is -0.122. The second-order valence-electron chi connectivity index (χ2n) is 5.20. The summed E-state index contributed by atoms with van der Waals surface area (Å²) in [5.74, 6) is 0.936. The van der Waals surface area contributed by atoms with E-state index in [4.69, 9.17) is 9.47 Å². The Morgan fingerprint density at radius 2 is 2.08 bits per heavy atom. The number of rotatable bonds is 8. The molecule has 0 spiro atoms. The van der Waals surface area contributed by atoms with Crippen LogP contribution in [-0.2, 0) is 4.79 Å². The van der Waals surface area contributed by atoms with Crippen LogP contribution in [0.15, 0.2) is 35.8 Å². The van der Waals surface area contributed by atoms with Gasteiger partial charge >= 0.3 is 0 Å². The zero-order valence-electron chi connectivity index (χ0n) is 13.9. The summed E-state index contributed by atoms with van der Waals surface area (Å²) in [4.78, 5) is 26.0. The van der Waals surface area contributed by atoms with Gasteiger partial charge in [-0.2, -0.15) is 0 Å². The van der Waals surface area contributed by atoms with Gasteiger partial charge in [-0.05, 0) is 42.0 Å². The number of carbonyl (C=O) groups excluding carboxylic acids is 2. The molecule has 1 aliphatic heterocycles. The predicted octanol–water partition coefficient (Wildman–Crippen LogP) is 4.10. The van der Waals surface area contributed by atoms with Crippen molar-refractivity contribution < 1.29 is 19.1 Å². The predicted molar refractivity (Wildman–Crippen MR) is 96.3 cm³/mol. The van der Waals surface area contributed by atoms with Crippen molar-refractivity contribution >= 4 is 29.0 Å². The zero-order chi connectivity index (χ0) is 17.5. The number of benzene rings is 1. The van der Waals surface area contributed by atoms with E-state index in [-0.39, 0.29) is 11.1 Å². The summed E-state index contributed by atoms with van der Waals surface area (Å²) in [7, 11) is 1.55. The number of imide groups is 1. The number of thioether (sulfide) groups is 1. The Labute approximate surface area is 146 Å². The molecule has 1 fully saturated rings. The molecular weight excluding hydrogens is 326 g/mol. The normalized spacial score (nSPS) is 15.9. The molecule has 24 heavy (non-hydrogen) atoms. The first kappa shape index (κ1) is 18.1. The van der Waals surface area contributed by atoms with Crippen LogP contribution in [0.5, 0.6) is 11.5 Å². The number of hydrogen-bond acceptors (Lipinski definition) is 5. The molecular formula is C18H21NO4S. The van der Waals surface area contributed by atoms with Gasteiger partial charge in [-0.3, -0.25) is 14.5 Å². The third kappa shape index (κ3) is 4.20. The Balaban J connectivity index is 2.20. The van der Waals surface area contributed by atoms with Crippen LogP contribution in [0.1, 0.15) is 25.3 Å². The van der Waals surface area contributed by atoms with Crippen molar-refractivity contribution in [2.45, 2.75) is 19.8 Å². The molecule has 0 radical (unpaired) electrons. The molecule has 1 aromatic rings. The lowest BCUT2D eigenvalue weighted by Gasteiger charge is -2.11. The Kier molecular flexibility index (Phi) is 6.49. The van der Waals surface area contributed by atoms with Crippen LogP contribution in [0.2, 0.25) is 0 Å². The van der Waals surface area contributed by atoms with Crippen molar-refractivity contribution in [2.75, 3.05) is 20.3 Å². The van der Waals surface area contributed by atoms with Gasteiger partial charge in [0.1, 0.15) is 6.61 Å². The fourth-order valence-electron chi connectivity index (χ4n) is 2.20. The number of unbranched alkanes of at least 4 members (excludes halogenated alkanes) is 1. The maximum absolute atomic E-state index is 12.3. The van der Waals surface area contributed by atoms with Gasteiger partial charge in [-0.15, -0.1) is 0 Å². The molecule has 0 aliphatic carbocycles. The van der Waals surface area contributed by atoms with Crippen LogP contribution in [0.3, 0.4) is 0 Å². The van der Waals surface area contributed by atoms with Crippen molar-refractivity contribution in [3.05, 3.63) is 41.3 Å². The van der Waals surface area contributed by atoms with Gasteiger partial charge in [0.25, 0.3) is 11.1 Å². The highest BCUT2D eigenvalue weighted by Gasteiger charge is 2.34. The fraction of sp³-hybridized carbons (Fsp3) is 0.333. The van der Waals surface area contributed by atoms with Gasteiger partial charge in [0.2, 0.25) is 0 Å². The van der Waals surface area contributed by atoms with E-state index in [9.17, 15) is 9.59 Å². The first-order valence-electron chi connectivity index (χ1n) is 7.77. The summed E-state index contributed by atoms with van der Waals surface area (Å²) >= 11 is 0.972. The Morgan fingerprint density at radius 1 is 1.29 bits per heavy atom. The first-order chi connectivity index (χ1) is 11.6. The van der Waals surface area contributed by atoms with Gasteiger partial charge in [0, 0.05) is 6.54 Å². The molecule has 0 bridgehead atoms. The van der Waals surface area contributed by atoms with Crippen LogP contribution in [0, 0.1) is 0 Å². The Morgan fingerprint density at radius 3 is 2.75 bits per heavy atom. The van der Waals surface area contributed by atoms with Crippen molar-refractivity contribution in [2.24, 2.45) is 0 Å². The highest BCUT2D eigenvalue weighted by Crippen LogP contribution is 2.34. The second kappa shape index (κ2) is 8.59. The lowest BCUT2D eigenvalue weighted by Crippen LogP contribution is -2.29. The van der Waals surface area contributed by atoms with E-state index >= 15 is 0 Å². The van der Waals surface area contributed by atoms with Crippen molar-refractivity contribution in [1.82, 2.24) is 4.90 Å². The summed E-state index contributed by atoms with van der Waals surface area (Å²) < 4.78 is 10.8. The van der Waals surface area contributed by atoms with E-state index in [1.165, 1.54) is 4.90 Å². The molecule has 0 saturated carbocycles. The highest BCUT2D eigenvalue weighted by atomic mass is 32.2. The smallest absolute Gasteiger partial charge is 0.293 e. The third-order valence-corrected chi connectivity index (χ3v) is 4.36. The SMILES string of the molecule is C=CCOc1ccc(/C=C2\SC(=O)N(CCCC)C2=O)cc1OC. The fourth-order valence-corrected chi connectivity index (χ4v) is 3.07. The average Bonchev–Trinajstić information content (AvgIpc) is 2.85. The van der Waals surface area contributed by atoms with Crippen molar-refractivity contribution in [3.8, 4) is 11.5 Å². The summed E-state index contributed by atoms with van der Waals surface area (Å²) in [6, 6.07) is 5.37. The van der Waals surface area contributed by atoms with Gasteiger partial charge < -0.3 is 9.47 Å². The van der Waals surface area contributed by atoms with E-state index in [1.807, 2.05) is 13.0 Å². The molecule has 0 N–H and O–H groups in total. The molecule has 5 nitrogen and oxygen atoms in total. The Hall–Kier alpha value is -2.21. The van der Waals surface area contributed by atoms with Gasteiger partial charge in [-0.1, -0.05) is 32.1 Å². The maximum Gasteiger partial charge on any atom is 0.293 e. The van der Waals surface area contributed by atoms with E-state index in [0.29, 0.717) is 29.6 Å². The standard InChI is InChI=1S/C18H21NO4S/c1-4-6-9-19-17(20)16(24-18(19)21)12-13-7-8-14(23-10-5-2)15(11-13)22-3/h5,7-8,11-12H,2,4,6,9-10H2,1,3H3/b16-12-. The van der Waals surface area contributed by atoms with Gasteiger partial charge in [0.05, 0.1) is 12.0 Å². The molecule has 1 heterocycles. The minimum Gasteiger partial charge on any atom is -0.493 e. The van der Waals surface area contributed by atoms with E-state index in [0.717, 1.165) is 30.2 Å². The zero-order valence-corrected chi connectivity index (χ0v) is 14.7. The Bertz CT molecular complexity index is 669. The van der Waals surface area contributed by atoms with Crippen LogP contribution in [0.4, 0.5) is 4.79 Å². The second-order valence-corrected chi connectivity index (χ2v) is 6.19. The van der Waals surface area contributed by atoms with Crippen LogP contribution in [0.25, 0.3) is 6.08 Å². The molecule has 1 aromatic carbocycles. The van der Waals surface area contributed by atoms with Crippen molar-refractivity contribution in [1.29, 1.82) is 0 Å². The molecule has 6 heteroatoms. The van der Waals surface area contributed by atoms with Crippen molar-refractivity contribution in [3.63, 3.8) is 0 Å².